The van der Waals surface area contributed by atoms with Crippen LogP contribution in [0, 0.1) is 5.41 Å². The summed E-state index contributed by atoms with van der Waals surface area (Å²) >= 11 is 0. The smallest absolute Gasteiger partial charge is 0.256 e. The lowest BCUT2D eigenvalue weighted by Gasteiger charge is -2.34. The molecule has 1 aromatic heterocycles. The molecule has 0 spiro atoms. The molecule has 0 bridgehead atoms. The summed E-state index contributed by atoms with van der Waals surface area (Å²) in [6, 6.07) is 12.2. The van der Waals surface area contributed by atoms with Crippen molar-refractivity contribution < 1.29 is 14.3 Å². The van der Waals surface area contributed by atoms with E-state index in [0.717, 1.165) is 0 Å². The van der Waals surface area contributed by atoms with Crippen molar-refractivity contribution in [1.82, 2.24) is 4.98 Å². The van der Waals surface area contributed by atoms with Crippen LogP contribution in [0.25, 0.3) is 0 Å². The van der Waals surface area contributed by atoms with Gasteiger partial charge in [-0.05, 0) is 37.1 Å². The molecule has 2 heterocycles. The molecule has 2 aromatic rings. The molecule has 1 aliphatic rings. The number of rotatable bonds is 5. The standard InChI is InChI=1S/C19H22N4O3.2ClH/c20-13-19(8-10-26-11-9-19)18(25)22-15-6-7-16(21-12-15)23-17(24)14-4-2-1-3-5-14;;/h1-7,12H,8-11,13,20H2,(H,22,25)(H,21,23,24);2*1H. The monoisotopic (exact) mass is 426 g/mol. The second-order valence-electron chi connectivity index (χ2n) is 6.30. The molecular weight excluding hydrogens is 403 g/mol. The minimum Gasteiger partial charge on any atom is -0.381 e. The first kappa shape index (κ1) is 23.8. The number of nitrogens with one attached hydrogen (secondary N) is 2. The predicted octanol–water partition coefficient (Wildman–Crippen LogP) is 2.87. The van der Waals surface area contributed by atoms with Crippen LogP contribution in [0.3, 0.4) is 0 Å². The topological polar surface area (TPSA) is 106 Å². The molecule has 28 heavy (non-hydrogen) atoms. The van der Waals surface area contributed by atoms with Crippen molar-refractivity contribution in [3.8, 4) is 0 Å². The number of anilines is 2. The Hall–Kier alpha value is -2.19. The number of ether oxygens (including phenoxy) is 1. The first-order chi connectivity index (χ1) is 12.6. The van der Waals surface area contributed by atoms with Crippen LogP contribution in [0.1, 0.15) is 23.2 Å². The number of amides is 2. The van der Waals surface area contributed by atoms with Crippen LogP contribution in [-0.2, 0) is 9.53 Å². The van der Waals surface area contributed by atoms with Gasteiger partial charge in [-0.1, -0.05) is 18.2 Å². The molecule has 0 saturated carbocycles. The molecule has 152 valence electrons. The summed E-state index contributed by atoms with van der Waals surface area (Å²) in [4.78, 5) is 28.9. The van der Waals surface area contributed by atoms with E-state index in [0.29, 0.717) is 43.1 Å². The molecule has 0 aliphatic carbocycles. The lowest BCUT2D eigenvalue weighted by molar-refractivity contribution is -0.130. The molecule has 3 rings (SSSR count). The Kier molecular flexibility index (Phi) is 9.34. The average molecular weight is 427 g/mol. The number of carbonyl (C=O) groups excluding carboxylic acids is 2. The van der Waals surface area contributed by atoms with Crippen LogP contribution >= 0.6 is 24.8 Å². The quantitative estimate of drug-likeness (QED) is 0.681. The van der Waals surface area contributed by atoms with Crippen molar-refractivity contribution in [2.24, 2.45) is 11.1 Å². The molecule has 1 aromatic carbocycles. The molecule has 0 radical (unpaired) electrons. The fourth-order valence-electron chi connectivity index (χ4n) is 2.87. The van der Waals surface area contributed by atoms with Crippen LogP contribution in [0.4, 0.5) is 11.5 Å². The largest absolute Gasteiger partial charge is 0.381 e. The van der Waals surface area contributed by atoms with Gasteiger partial charge in [0.2, 0.25) is 5.91 Å². The lowest BCUT2D eigenvalue weighted by Crippen LogP contribution is -2.46. The maximum Gasteiger partial charge on any atom is 0.256 e. The summed E-state index contributed by atoms with van der Waals surface area (Å²) in [6.07, 6.45) is 2.73. The third-order valence-electron chi connectivity index (χ3n) is 4.62. The molecule has 9 heteroatoms. The van der Waals surface area contributed by atoms with Gasteiger partial charge < -0.3 is 21.1 Å². The zero-order valence-electron chi connectivity index (χ0n) is 15.2. The van der Waals surface area contributed by atoms with Gasteiger partial charge in [-0.15, -0.1) is 24.8 Å². The van der Waals surface area contributed by atoms with Gasteiger partial charge in [0.15, 0.2) is 0 Å². The lowest BCUT2D eigenvalue weighted by atomic mass is 9.79. The third-order valence-corrected chi connectivity index (χ3v) is 4.62. The summed E-state index contributed by atoms with van der Waals surface area (Å²) in [5, 5.41) is 5.59. The molecule has 1 saturated heterocycles. The number of halogens is 2. The van der Waals surface area contributed by atoms with E-state index in [9.17, 15) is 9.59 Å². The molecular formula is C19H24Cl2N4O3. The van der Waals surface area contributed by atoms with Crippen LogP contribution in [0.2, 0.25) is 0 Å². The summed E-state index contributed by atoms with van der Waals surface area (Å²) < 4.78 is 5.33. The highest BCUT2D eigenvalue weighted by Gasteiger charge is 2.38. The SMILES string of the molecule is Cl.Cl.NCC1(C(=O)Nc2ccc(NC(=O)c3ccccc3)nc2)CCOCC1. The van der Waals surface area contributed by atoms with Crippen LogP contribution < -0.4 is 16.4 Å². The number of aromatic nitrogens is 1. The number of nitrogens with zero attached hydrogens (tertiary/aromatic N) is 1. The van der Waals surface area contributed by atoms with Gasteiger partial charge in [-0.2, -0.15) is 0 Å². The highest BCUT2D eigenvalue weighted by atomic mass is 35.5. The Morgan fingerprint density at radius 3 is 2.29 bits per heavy atom. The Balaban J connectivity index is 0.00000196. The van der Waals surface area contributed by atoms with Gasteiger partial charge in [0.1, 0.15) is 5.82 Å². The summed E-state index contributed by atoms with van der Waals surface area (Å²) in [6.45, 7) is 1.35. The van der Waals surface area contributed by atoms with Crippen molar-refractivity contribution >= 4 is 48.1 Å². The van der Waals surface area contributed by atoms with Gasteiger partial charge in [-0.3, -0.25) is 9.59 Å². The van der Waals surface area contributed by atoms with E-state index in [1.165, 1.54) is 6.20 Å². The highest BCUT2D eigenvalue weighted by Crippen LogP contribution is 2.30. The fourth-order valence-corrected chi connectivity index (χ4v) is 2.87. The molecule has 0 unspecified atom stereocenters. The average Bonchev–Trinajstić information content (AvgIpc) is 2.70. The van der Waals surface area contributed by atoms with Gasteiger partial charge in [-0.25, -0.2) is 4.98 Å². The molecule has 7 nitrogen and oxygen atoms in total. The van der Waals surface area contributed by atoms with E-state index in [-0.39, 0.29) is 43.2 Å². The maximum absolute atomic E-state index is 12.6. The van der Waals surface area contributed by atoms with Crippen LogP contribution in [0.5, 0.6) is 0 Å². The van der Waals surface area contributed by atoms with Crippen molar-refractivity contribution in [2.75, 3.05) is 30.4 Å². The fraction of sp³-hybridized carbons (Fsp3) is 0.316. The minimum absolute atomic E-state index is 0. The Morgan fingerprint density at radius 1 is 1.04 bits per heavy atom. The van der Waals surface area contributed by atoms with Crippen molar-refractivity contribution in [3.05, 3.63) is 54.2 Å². The maximum atomic E-state index is 12.6. The Bertz CT molecular complexity index is 767. The summed E-state index contributed by atoms with van der Waals surface area (Å²) in [7, 11) is 0. The van der Waals surface area contributed by atoms with Crippen molar-refractivity contribution in [3.63, 3.8) is 0 Å². The second-order valence-corrected chi connectivity index (χ2v) is 6.30. The van der Waals surface area contributed by atoms with Gasteiger partial charge >= 0.3 is 0 Å². The van der Waals surface area contributed by atoms with Crippen molar-refractivity contribution in [2.45, 2.75) is 12.8 Å². The molecule has 0 atom stereocenters. The van der Waals surface area contributed by atoms with Gasteiger partial charge in [0.25, 0.3) is 5.91 Å². The zero-order chi connectivity index (χ0) is 18.4. The first-order valence-corrected chi connectivity index (χ1v) is 8.55. The van der Waals surface area contributed by atoms with E-state index in [2.05, 4.69) is 15.6 Å². The summed E-state index contributed by atoms with van der Waals surface area (Å²) in [5.41, 5.74) is 6.36. The summed E-state index contributed by atoms with van der Waals surface area (Å²) in [5.74, 6) is 0.0572. The van der Waals surface area contributed by atoms with Crippen LogP contribution in [-0.4, -0.2) is 36.6 Å². The second kappa shape index (κ2) is 11.0. The van der Waals surface area contributed by atoms with E-state index in [4.69, 9.17) is 10.5 Å². The minimum atomic E-state index is -0.599. The van der Waals surface area contributed by atoms with E-state index in [1.807, 2.05) is 6.07 Å². The van der Waals surface area contributed by atoms with E-state index >= 15 is 0 Å². The Morgan fingerprint density at radius 2 is 1.71 bits per heavy atom. The number of benzene rings is 1. The number of pyridine rings is 1. The highest BCUT2D eigenvalue weighted by molar-refractivity contribution is 6.03. The molecule has 2 amide bonds. The molecule has 1 aliphatic heterocycles. The normalized spacial score (nSPS) is 14.8. The first-order valence-electron chi connectivity index (χ1n) is 8.55. The van der Waals surface area contributed by atoms with Gasteiger partial charge in [0, 0.05) is 25.3 Å². The number of carbonyl (C=O) groups is 2. The van der Waals surface area contributed by atoms with Crippen molar-refractivity contribution in [1.29, 1.82) is 0 Å². The Labute approximate surface area is 176 Å². The predicted molar refractivity (Wildman–Crippen MR) is 113 cm³/mol. The number of hydrogen-bond acceptors (Lipinski definition) is 5. The number of hydrogen-bond donors (Lipinski definition) is 3. The van der Waals surface area contributed by atoms with E-state index < -0.39 is 5.41 Å². The van der Waals surface area contributed by atoms with E-state index in [1.54, 1.807) is 36.4 Å². The molecule has 1 fully saturated rings. The number of nitrogens with two attached hydrogens (primary N) is 1. The van der Waals surface area contributed by atoms with Crippen LogP contribution in [0.15, 0.2) is 48.7 Å². The molecule has 4 N–H and O–H groups in total. The zero-order valence-corrected chi connectivity index (χ0v) is 16.9. The van der Waals surface area contributed by atoms with Gasteiger partial charge in [0.05, 0.1) is 17.3 Å². The third kappa shape index (κ3) is 5.65.